The molecule has 0 unspecified atom stereocenters. The van der Waals surface area contributed by atoms with Crippen LogP contribution in [0.15, 0.2) is 30.3 Å². The van der Waals surface area contributed by atoms with Gasteiger partial charge in [0.2, 0.25) is 11.8 Å². The van der Waals surface area contributed by atoms with Crippen molar-refractivity contribution in [2.24, 2.45) is 5.73 Å². The molecule has 1 saturated heterocycles. The summed E-state index contributed by atoms with van der Waals surface area (Å²) in [7, 11) is 0. The lowest BCUT2D eigenvalue weighted by Crippen LogP contribution is -2.52. The summed E-state index contributed by atoms with van der Waals surface area (Å²) in [6, 6.07) is 8.95. The van der Waals surface area contributed by atoms with Crippen LogP contribution < -0.4 is 21.7 Å². The van der Waals surface area contributed by atoms with Crippen molar-refractivity contribution in [3.63, 3.8) is 0 Å². The standard InChI is InChI=1S/C17H26N4O2.2ClH/c18-9-5-11-20-16(22)15(12-13-6-2-1-3-7-13)21-17(23)14-8-4-10-19-14;;/h1-3,6-7,14-15,19H,4-5,8-12,18H2,(H,20,22)(H,21,23);2*1H/t14-,15-;;/m0../s1. The third-order valence-corrected chi connectivity index (χ3v) is 3.97. The Morgan fingerprint density at radius 2 is 1.96 bits per heavy atom. The molecule has 0 aliphatic carbocycles. The smallest absolute Gasteiger partial charge is 0.242 e. The van der Waals surface area contributed by atoms with Gasteiger partial charge in [0.05, 0.1) is 6.04 Å². The summed E-state index contributed by atoms with van der Waals surface area (Å²) in [6.07, 6.45) is 3.01. The van der Waals surface area contributed by atoms with Crippen LogP contribution in [0.1, 0.15) is 24.8 Å². The zero-order valence-electron chi connectivity index (χ0n) is 14.2. The maximum Gasteiger partial charge on any atom is 0.242 e. The van der Waals surface area contributed by atoms with Crippen molar-refractivity contribution >= 4 is 36.6 Å². The average Bonchev–Trinajstić information content (AvgIpc) is 3.10. The van der Waals surface area contributed by atoms with Gasteiger partial charge < -0.3 is 21.7 Å². The first-order chi connectivity index (χ1) is 11.2. The van der Waals surface area contributed by atoms with Gasteiger partial charge in [-0.25, -0.2) is 0 Å². The molecule has 0 spiro atoms. The molecule has 6 nitrogen and oxygen atoms in total. The molecule has 0 saturated carbocycles. The molecule has 142 valence electrons. The van der Waals surface area contributed by atoms with Gasteiger partial charge in [-0.05, 0) is 37.9 Å². The molecule has 1 aromatic rings. The van der Waals surface area contributed by atoms with Crippen LogP contribution in [0, 0.1) is 0 Å². The fourth-order valence-electron chi connectivity index (χ4n) is 2.68. The second-order valence-corrected chi connectivity index (χ2v) is 5.83. The van der Waals surface area contributed by atoms with Gasteiger partial charge in [-0.15, -0.1) is 24.8 Å². The Hall–Kier alpha value is -1.34. The molecule has 2 amide bonds. The van der Waals surface area contributed by atoms with Crippen molar-refractivity contribution in [1.82, 2.24) is 16.0 Å². The first kappa shape index (κ1) is 23.7. The third kappa shape index (κ3) is 8.05. The second kappa shape index (κ2) is 12.9. The molecule has 8 heteroatoms. The summed E-state index contributed by atoms with van der Waals surface area (Å²) in [4.78, 5) is 24.7. The summed E-state index contributed by atoms with van der Waals surface area (Å²) in [5.74, 6) is -0.258. The van der Waals surface area contributed by atoms with E-state index in [2.05, 4.69) is 16.0 Å². The summed E-state index contributed by atoms with van der Waals surface area (Å²) in [5.41, 5.74) is 6.47. The SMILES string of the molecule is Cl.Cl.NCCCNC(=O)[C@H](Cc1ccccc1)NC(=O)[C@@H]1CCCN1. The number of benzene rings is 1. The Labute approximate surface area is 161 Å². The first-order valence-electron chi connectivity index (χ1n) is 8.26. The van der Waals surface area contributed by atoms with Gasteiger partial charge in [-0.1, -0.05) is 30.3 Å². The minimum atomic E-state index is -0.565. The lowest BCUT2D eigenvalue weighted by molar-refractivity contribution is -0.129. The topological polar surface area (TPSA) is 96.2 Å². The van der Waals surface area contributed by atoms with Crippen molar-refractivity contribution in [1.29, 1.82) is 0 Å². The van der Waals surface area contributed by atoms with E-state index in [1.165, 1.54) is 0 Å². The Morgan fingerprint density at radius 1 is 1.24 bits per heavy atom. The van der Waals surface area contributed by atoms with Gasteiger partial charge in [0, 0.05) is 13.0 Å². The maximum absolute atomic E-state index is 12.4. The molecular weight excluding hydrogens is 363 g/mol. The summed E-state index contributed by atoms with van der Waals surface area (Å²) in [6.45, 7) is 1.91. The van der Waals surface area contributed by atoms with Gasteiger partial charge in [0.1, 0.15) is 6.04 Å². The van der Waals surface area contributed by atoms with E-state index in [4.69, 9.17) is 5.73 Å². The van der Waals surface area contributed by atoms with Crippen LogP contribution in [-0.4, -0.2) is 43.5 Å². The summed E-state index contributed by atoms with van der Waals surface area (Å²) >= 11 is 0. The van der Waals surface area contributed by atoms with E-state index >= 15 is 0 Å². The van der Waals surface area contributed by atoms with Crippen LogP contribution >= 0.6 is 24.8 Å². The van der Waals surface area contributed by atoms with Crippen LogP contribution in [0.5, 0.6) is 0 Å². The van der Waals surface area contributed by atoms with E-state index in [0.29, 0.717) is 19.5 Å². The molecular formula is C17H28Cl2N4O2. The number of hydrogen-bond acceptors (Lipinski definition) is 4. The number of nitrogens with one attached hydrogen (secondary N) is 3. The first-order valence-corrected chi connectivity index (χ1v) is 8.26. The van der Waals surface area contributed by atoms with E-state index in [9.17, 15) is 9.59 Å². The van der Waals surface area contributed by atoms with Crippen LogP contribution in [0.4, 0.5) is 0 Å². The van der Waals surface area contributed by atoms with Crippen LogP contribution in [0.25, 0.3) is 0 Å². The number of halogens is 2. The van der Waals surface area contributed by atoms with Crippen LogP contribution in [-0.2, 0) is 16.0 Å². The maximum atomic E-state index is 12.4. The molecule has 0 bridgehead atoms. The van der Waals surface area contributed by atoms with E-state index < -0.39 is 6.04 Å². The molecule has 1 aliphatic rings. The van der Waals surface area contributed by atoms with Gasteiger partial charge in [-0.3, -0.25) is 9.59 Å². The van der Waals surface area contributed by atoms with E-state index in [1.54, 1.807) is 0 Å². The molecule has 0 aromatic heterocycles. The van der Waals surface area contributed by atoms with E-state index in [0.717, 1.165) is 31.4 Å². The highest BCUT2D eigenvalue weighted by molar-refractivity contribution is 5.90. The Balaban J connectivity index is 0.00000288. The Kier molecular flexibility index (Phi) is 12.2. The molecule has 1 heterocycles. The number of hydrogen-bond donors (Lipinski definition) is 4. The Bertz CT molecular complexity index is 511. The van der Waals surface area contributed by atoms with E-state index in [1.807, 2.05) is 30.3 Å². The van der Waals surface area contributed by atoms with Gasteiger partial charge in [0.25, 0.3) is 0 Å². The zero-order valence-corrected chi connectivity index (χ0v) is 15.8. The van der Waals surface area contributed by atoms with E-state index in [-0.39, 0.29) is 42.7 Å². The molecule has 0 radical (unpaired) electrons. The predicted molar refractivity (Wildman–Crippen MR) is 104 cm³/mol. The number of carbonyl (C=O) groups excluding carboxylic acids is 2. The molecule has 1 aromatic carbocycles. The Morgan fingerprint density at radius 3 is 2.56 bits per heavy atom. The van der Waals surface area contributed by atoms with Crippen molar-refractivity contribution in [2.45, 2.75) is 37.8 Å². The summed E-state index contributed by atoms with van der Waals surface area (Å²) in [5, 5.41) is 8.89. The molecule has 2 atom stereocenters. The van der Waals surface area contributed by atoms with Gasteiger partial charge in [-0.2, -0.15) is 0 Å². The number of nitrogens with two attached hydrogens (primary N) is 1. The molecule has 1 aliphatic heterocycles. The lowest BCUT2D eigenvalue weighted by Gasteiger charge is -2.21. The van der Waals surface area contributed by atoms with Crippen LogP contribution in [0.3, 0.4) is 0 Å². The average molecular weight is 391 g/mol. The van der Waals surface area contributed by atoms with Crippen molar-refractivity contribution in [3.05, 3.63) is 35.9 Å². The van der Waals surface area contributed by atoms with Gasteiger partial charge >= 0.3 is 0 Å². The zero-order chi connectivity index (χ0) is 16.5. The highest BCUT2D eigenvalue weighted by Gasteiger charge is 2.27. The van der Waals surface area contributed by atoms with Crippen molar-refractivity contribution in [2.75, 3.05) is 19.6 Å². The fourth-order valence-corrected chi connectivity index (χ4v) is 2.68. The second-order valence-electron chi connectivity index (χ2n) is 5.83. The number of rotatable bonds is 8. The van der Waals surface area contributed by atoms with Crippen molar-refractivity contribution in [3.8, 4) is 0 Å². The molecule has 25 heavy (non-hydrogen) atoms. The largest absolute Gasteiger partial charge is 0.354 e. The highest BCUT2D eigenvalue weighted by atomic mass is 35.5. The van der Waals surface area contributed by atoms with Gasteiger partial charge in [0.15, 0.2) is 0 Å². The number of amides is 2. The molecule has 5 N–H and O–H groups in total. The summed E-state index contributed by atoms with van der Waals surface area (Å²) < 4.78 is 0. The fraction of sp³-hybridized carbons (Fsp3) is 0.529. The highest BCUT2D eigenvalue weighted by Crippen LogP contribution is 2.07. The quantitative estimate of drug-likeness (QED) is 0.493. The lowest BCUT2D eigenvalue weighted by atomic mass is 10.0. The normalized spacial score (nSPS) is 16.9. The van der Waals surface area contributed by atoms with Crippen molar-refractivity contribution < 1.29 is 9.59 Å². The molecule has 1 fully saturated rings. The third-order valence-electron chi connectivity index (χ3n) is 3.97. The molecule has 2 rings (SSSR count). The predicted octanol–water partition coefficient (Wildman–Crippen LogP) is 0.775. The minimum Gasteiger partial charge on any atom is -0.354 e. The monoisotopic (exact) mass is 390 g/mol. The number of carbonyl (C=O) groups is 2. The van der Waals surface area contributed by atoms with Crippen LogP contribution in [0.2, 0.25) is 0 Å². The minimum absolute atomic E-state index is 0.